The van der Waals surface area contributed by atoms with Gasteiger partial charge in [-0.15, -0.1) is 0 Å². The lowest BCUT2D eigenvalue weighted by Gasteiger charge is -2.51. The van der Waals surface area contributed by atoms with Gasteiger partial charge < -0.3 is 20.5 Å². The van der Waals surface area contributed by atoms with Gasteiger partial charge in [0, 0.05) is 23.9 Å². The first kappa shape index (κ1) is 19.6. The molecule has 158 valence electrons. The number of hydrogen-bond donors (Lipinski definition) is 3. The maximum Gasteiger partial charge on any atom is 0.407 e. The van der Waals surface area contributed by atoms with Crippen LogP contribution in [0, 0.1) is 11.3 Å². The van der Waals surface area contributed by atoms with Gasteiger partial charge in [-0.3, -0.25) is 0 Å². The molecule has 1 heterocycles. The van der Waals surface area contributed by atoms with Crippen LogP contribution in [0.15, 0.2) is 48.5 Å². The molecule has 2 aromatic carbocycles. The summed E-state index contributed by atoms with van der Waals surface area (Å²) in [6.45, 7) is 5.62. The van der Waals surface area contributed by atoms with Crippen LogP contribution in [0.1, 0.15) is 43.7 Å². The molecule has 2 unspecified atom stereocenters. The number of hydrogen-bond acceptors (Lipinski definition) is 4. The van der Waals surface area contributed by atoms with Gasteiger partial charge in [0.15, 0.2) is 0 Å². The Labute approximate surface area is 177 Å². The van der Waals surface area contributed by atoms with Crippen molar-refractivity contribution in [1.29, 1.82) is 0 Å². The van der Waals surface area contributed by atoms with Crippen molar-refractivity contribution >= 4 is 6.09 Å². The maximum absolute atomic E-state index is 12.6. The van der Waals surface area contributed by atoms with Crippen LogP contribution in [0.5, 0.6) is 0 Å². The Morgan fingerprint density at radius 2 is 1.77 bits per heavy atom. The number of ether oxygens (including phenoxy) is 1. The Bertz CT molecular complexity index is 913. The Morgan fingerprint density at radius 1 is 1.13 bits per heavy atom. The molecule has 1 saturated heterocycles. The highest BCUT2D eigenvalue weighted by molar-refractivity contribution is 5.79. The lowest BCUT2D eigenvalue weighted by Crippen LogP contribution is -2.64. The fourth-order valence-corrected chi connectivity index (χ4v) is 6.00. The van der Waals surface area contributed by atoms with Crippen molar-refractivity contribution in [3.05, 3.63) is 59.7 Å². The smallest absolute Gasteiger partial charge is 0.407 e. The van der Waals surface area contributed by atoms with Crippen molar-refractivity contribution in [3.8, 4) is 11.1 Å². The van der Waals surface area contributed by atoms with E-state index in [2.05, 4.69) is 48.7 Å². The molecule has 5 rings (SSSR count). The average Bonchev–Trinajstić information content (AvgIpc) is 3.22. The number of aliphatic hydroxyl groups is 1. The third-order valence-corrected chi connectivity index (χ3v) is 7.35. The number of fused-ring (bicyclic) bond motifs is 3. The van der Waals surface area contributed by atoms with Gasteiger partial charge in [-0.2, -0.15) is 0 Å². The highest BCUT2D eigenvalue weighted by Gasteiger charge is 2.55. The molecule has 3 aliphatic rings. The molecule has 5 heteroatoms. The number of benzene rings is 2. The number of carbonyl (C=O) groups is 1. The minimum absolute atomic E-state index is 0.0455. The Morgan fingerprint density at radius 3 is 2.33 bits per heavy atom. The van der Waals surface area contributed by atoms with Crippen molar-refractivity contribution < 1.29 is 14.6 Å². The summed E-state index contributed by atoms with van der Waals surface area (Å²) in [6.07, 6.45) is 0.575. The molecule has 0 bridgehead atoms. The Balaban J connectivity index is 1.23. The van der Waals surface area contributed by atoms with Crippen LogP contribution in [0.4, 0.5) is 4.79 Å². The lowest BCUT2D eigenvalue weighted by molar-refractivity contribution is 0.0394. The first-order valence-electron chi connectivity index (χ1n) is 11.0. The highest BCUT2D eigenvalue weighted by atomic mass is 16.5. The summed E-state index contributed by atoms with van der Waals surface area (Å²) in [5, 5.41) is 17.0. The normalized spacial score (nSPS) is 29.5. The fourth-order valence-electron chi connectivity index (χ4n) is 6.00. The van der Waals surface area contributed by atoms with Crippen LogP contribution >= 0.6 is 0 Å². The quantitative estimate of drug-likeness (QED) is 0.725. The van der Waals surface area contributed by atoms with Crippen LogP contribution in [-0.4, -0.2) is 42.5 Å². The summed E-state index contributed by atoms with van der Waals surface area (Å²) < 4.78 is 5.67. The van der Waals surface area contributed by atoms with Gasteiger partial charge in [0.05, 0.1) is 12.1 Å². The second kappa shape index (κ2) is 7.40. The van der Waals surface area contributed by atoms with Gasteiger partial charge >= 0.3 is 6.09 Å². The SMILES string of the molecule is CC(C)C1NCC12C[C@@H](O)[C@H](NC(=O)OCC1c3ccccc3-c3ccccc31)C2. The van der Waals surface area contributed by atoms with Crippen molar-refractivity contribution in [3.63, 3.8) is 0 Å². The van der Waals surface area contributed by atoms with Crippen molar-refractivity contribution in [2.24, 2.45) is 11.3 Å². The second-order valence-corrected chi connectivity index (χ2v) is 9.52. The molecule has 4 atom stereocenters. The summed E-state index contributed by atoms with van der Waals surface area (Å²) in [5.41, 5.74) is 4.92. The number of aliphatic hydroxyl groups excluding tert-OH is 1. The van der Waals surface area contributed by atoms with E-state index in [9.17, 15) is 9.90 Å². The standard InChI is InChI=1S/C25H30N2O3/c1-15(2)23-25(14-26-23)11-21(22(28)12-25)27-24(29)30-13-20-18-9-5-3-7-16(18)17-8-4-6-10-19(17)20/h3-10,15,20-23,26,28H,11-14H2,1-2H3,(H,27,29)/t21-,22-,23?,25?/m1/s1. The summed E-state index contributed by atoms with van der Waals surface area (Å²) in [6, 6.07) is 16.8. The van der Waals surface area contributed by atoms with Crippen LogP contribution in [-0.2, 0) is 4.74 Å². The van der Waals surface area contributed by atoms with Crippen molar-refractivity contribution in [2.45, 2.75) is 50.8 Å². The van der Waals surface area contributed by atoms with Gasteiger partial charge in [0.25, 0.3) is 0 Å². The molecule has 3 N–H and O–H groups in total. The predicted molar refractivity (Wildman–Crippen MR) is 116 cm³/mol. The topological polar surface area (TPSA) is 70.6 Å². The Hall–Kier alpha value is -2.37. The molecule has 1 spiro atoms. The molecular formula is C25H30N2O3. The van der Waals surface area contributed by atoms with E-state index < -0.39 is 12.2 Å². The zero-order valence-electron chi connectivity index (χ0n) is 17.6. The van der Waals surface area contributed by atoms with E-state index in [-0.39, 0.29) is 17.4 Å². The van der Waals surface area contributed by atoms with E-state index in [0.717, 1.165) is 19.4 Å². The van der Waals surface area contributed by atoms with Crippen molar-refractivity contribution in [1.82, 2.24) is 10.6 Å². The molecule has 1 amide bonds. The molecular weight excluding hydrogens is 376 g/mol. The Kier molecular flexibility index (Phi) is 4.83. The molecule has 2 aromatic rings. The summed E-state index contributed by atoms with van der Waals surface area (Å²) >= 11 is 0. The number of carbonyl (C=O) groups excluding carboxylic acids is 1. The second-order valence-electron chi connectivity index (χ2n) is 9.52. The van der Waals surface area contributed by atoms with Gasteiger partial charge in [0.1, 0.15) is 6.61 Å². The number of rotatable bonds is 4. The van der Waals surface area contributed by atoms with E-state index in [4.69, 9.17) is 4.74 Å². The van der Waals surface area contributed by atoms with E-state index in [1.165, 1.54) is 22.3 Å². The summed E-state index contributed by atoms with van der Waals surface area (Å²) in [7, 11) is 0. The van der Waals surface area contributed by atoms with E-state index in [0.29, 0.717) is 18.6 Å². The van der Waals surface area contributed by atoms with E-state index in [1.807, 2.05) is 24.3 Å². The third kappa shape index (κ3) is 3.12. The average molecular weight is 407 g/mol. The first-order valence-corrected chi connectivity index (χ1v) is 11.0. The van der Waals surface area contributed by atoms with Crippen LogP contribution < -0.4 is 10.6 Å². The van der Waals surface area contributed by atoms with Gasteiger partial charge in [-0.1, -0.05) is 62.4 Å². The highest BCUT2D eigenvalue weighted by Crippen LogP contribution is 2.48. The maximum atomic E-state index is 12.6. The van der Waals surface area contributed by atoms with Gasteiger partial charge in [-0.25, -0.2) is 4.79 Å². The molecule has 30 heavy (non-hydrogen) atoms. The predicted octanol–water partition coefficient (Wildman–Crippen LogP) is 3.66. The van der Waals surface area contributed by atoms with E-state index in [1.54, 1.807) is 0 Å². The molecule has 1 aliphatic heterocycles. The molecule has 1 saturated carbocycles. The zero-order valence-corrected chi connectivity index (χ0v) is 17.6. The summed E-state index contributed by atoms with van der Waals surface area (Å²) in [5.74, 6) is 0.559. The first-order chi connectivity index (χ1) is 14.5. The van der Waals surface area contributed by atoms with Gasteiger partial charge in [-0.05, 0) is 41.0 Å². The van der Waals surface area contributed by atoms with Crippen LogP contribution in [0.25, 0.3) is 11.1 Å². The number of nitrogens with one attached hydrogen (secondary N) is 2. The third-order valence-electron chi connectivity index (χ3n) is 7.35. The minimum Gasteiger partial charge on any atom is -0.449 e. The summed E-state index contributed by atoms with van der Waals surface area (Å²) in [4.78, 5) is 12.6. The molecule has 0 radical (unpaired) electrons. The van der Waals surface area contributed by atoms with Gasteiger partial charge in [0.2, 0.25) is 0 Å². The largest absolute Gasteiger partial charge is 0.449 e. The monoisotopic (exact) mass is 406 g/mol. The molecule has 2 fully saturated rings. The zero-order chi connectivity index (χ0) is 20.9. The number of alkyl carbamates (subject to hydrolysis) is 1. The fraction of sp³-hybridized carbons (Fsp3) is 0.480. The lowest BCUT2D eigenvalue weighted by atomic mass is 9.67. The molecule has 2 aliphatic carbocycles. The molecule has 5 nitrogen and oxygen atoms in total. The minimum atomic E-state index is -0.520. The molecule has 0 aromatic heterocycles. The van der Waals surface area contributed by atoms with Crippen molar-refractivity contribution in [2.75, 3.05) is 13.2 Å². The van der Waals surface area contributed by atoms with Crippen LogP contribution in [0.3, 0.4) is 0 Å². The number of amides is 1. The van der Waals surface area contributed by atoms with Crippen LogP contribution in [0.2, 0.25) is 0 Å². The van der Waals surface area contributed by atoms with E-state index >= 15 is 0 Å².